The molecule has 0 spiro atoms. The maximum absolute atomic E-state index is 10.4. The summed E-state index contributed by atoms with van der Waals surface area (Å²) in [6.45, 7) is 2.07. The van der Waals surface area contributed by atoms with Crippen LogP contribution in [0, 0.1) is 0 Å². The quantitative estimate of drug-likeness (QED) is 0.618. The van der Waals surface area contributed by atoms with Crippen LogP contribution in [0.1, 0.15) is 6.92 Å². The molecule has 1 N–H and O–H groups in total. The number of aliphatic hydroxyl groups is 1. The van der Waals surface area contributed by atoms with Crippen molar-refractivity contribution in [2.45, 2.75) is 6.92 Å². The maximum Gasteiger partial charge on any atom is 0.336 e. The number of azo groups is 1. The smallest absolute Gasteiger partial charge is 0.336 e. The fraction of sp³-hybridized carbons (Fsp3) is 0.400. The number of rotatable bonds is 2. The van der Waals surface area contributed by atoms with E-state index in [0.29, 0.717) is 6.61 Å². The summed E-state index contributed by atoms with van der Waals surface area (Å²) in [7, 11) is 0. The molecule has 0 aromatic rings. The highest BCUT2D eigenvalue weighted by Gasteiger charge is 2.21. The fourth-order valence-corrected chi connectivity index (χ4v) is 0.511. The van der Waals surface area contributed by atoms with E-state index >= 15 is 0 Å². The second-order valence-corrected chi connectivity index (χ2v) is 1.59. The Kier molecular flexibility index (Phi) is 1.66. The molecule has 0 atom stereocenters. The van der Waals surface area contributed by atoms with Gasteiger partial charge in [-0.25, -0.2) is 0 Å². The Morgan fingerprint density at radius 3 is 2.70 bits per heavy atom. The van der Waals surface area contributed by atoms with Gasteiger partial charge < -0.3 is 9.84 Å². The summed E-state index contributed by atoms with van der Waals surface area (Å²) >= 11 is 0. The van der Waals surface area contributed by atoms with Crippen LogP contribution < -0.4 is 0 Å². The zero-order valence-corrected chi connectivity index (χ0v) is 5.37. The van der Waals surface area contributed by atoms with E-state index in [-0.39, 0.29) is 5.88 Å². The maximum atomic E-state index is 10.4. The first-order chi connectivity index (χ1) is 4.75. The van der Waals surface area contributed by atoms with Gasteiger partial charge in [-0.3, -0.25) is 4.79 Å². The average Bonchev–Trinajstić information content (AvgIpc) is 2.20. The van der Waals surface area contributed by atoms with E-state index in [9.17, 15) is 4.79 Å². The Morgan fingerprint density at radius 1 is 1.60 bits per heavy atom. The van der Waals surface area contributed by atoms with Crippen molar-refractivity contribution in [3.63, 3.8) is 0 Å². The summed E-state index contributed by atoms with van der Waals surface area (Å²) in [6.07, 6.45) is 0. The number of carbonyl (C=O) groups is 1. The van der Waals surface area contributed by atoms with Gasteiger partial charge in [0.05, 0.1) is 6.61 Å². The molecule has 54 valence electrons. The molecule has 1 rings (SSSR count). The van der Waals surface area contributed by atoms with Crippen molar-refractivity contribution in [2.24, 2.45) is 10.2 Å². The van der Waals surface area contributed by atoms with Crippen molar-refractivity contribution in [1.29, 1.82) is 0 Å². The summed E-state index contributed by atoms with van der Waals surface area (Å²) < 4.78 is 4.73. The van der Waals surface area contributed by atoms with Gasteiger partial charge in [0.25, 0.3) is 5.88 Å². The molecule has 0 aromatic heterocycles. The molecule has 10 heavy (non-hydrogen) atoms. The summed E-state index contributed by atoms with van der Waals surface area (Å²) in [5, 5.41) is 15.1. The van der Waals surface area contributed by atoms with E-state index in [0.717, 1.165) is 0 Å². The fourth-order valence-electron chi connectivity index (χ4n) is 0.511. The lowest BCUT2D eigenvalue weighted by Gasteiger charge is -1.96. The van der Waals surface area contributed by atoms with E-state index in [2.05, 4.69) is 10.2 Å². The number of aliphatic hydroxyl groups excluding tert-OH is 1. The van der Waals surface area contributed by atoms with Crippen LogP contribution in [-0.2, 0) is 9.53 Å². The van der Waals surface area contributed by atoms with E-state index in [1.54, 1.807) is 6.92 Å². The van der Waals surface area contributed by atoms with Gasteiger partial charge in [-0.15, -0.1) is 5.11 Å². The Labute approximate surface area is 57.0 Å². The molecule has 1 aliphatic heterocycles. The van der Waals surface area contributed by atoms with Crippen LogP contribution >= 0.6 is 0 Å². The third kappa shape index (κ3) is 0.975. The number of ether oxygens (including phenoxy) is 1. The van der Waals surface area contributed by atoms with Crippen molar-refractivity contribution in [3.05, 3.63) is 11.6 Å². The molecule has 0 saturated heterocycles. The number of amides is 1. The molecule has 0 aromatic carbocycles. The Balaban J connectivity index is 2.75. The standard InChI is InChI=1S/C5H6N2O3/c1-2-10-5-3(8)4(9)6-7-5/h2H2,1H3,(H,6,8,9). The lowest BCUT2D eigenvalue weighted by atomic mass is 10.5. The highest BCUT2D eigenvalue weighted by atomic mass is 16.5. The molecule has 0 bridgehead atoms. The first-order valence-corrected chi connectivity index (χ1v) is 2.77. The molecule has 5 nitrogen and oxygen atoms in total. The first kappa shape index (κ1) is 6.73. The van der Waals surface area contributed by atoms with Gasteiger partial charge in [-0.2, -0.15) is 0 Å². The number of hydrogen-bond acceptors (Lipinski definition) is 4. The van der Waals surface area contributed by atoms with Gasteiger partial charge in [0, 0.05) is 0 Å². The molecule has 0 radical (unpaired) electrons. The van der Waals surface area contributed by atoms with Gasteiger partial charge in [-0.1, -0.05) is 5.11 Å². The normalized spacial score (nSPS) is 16.7. The van der Waals surface area contributed by atoms with Gasteiger partial charge in [0.1, 0.15) is 0 Å². The van der Waals surface area contributed by atoms with Gasteiger partial charge in [0.2, 0.25) is 5.76 Å². The van der Waals surface area contributed by atoms with E-state index < -0.39 is 11.7 Å². The van der Waals surface area contributed by atoms with Gasteiger partial charge >= 0.3 is 5.91 Å². The molecule has 1 aliphatic rings. The molecule has 0 saturated carbocycles. The molecular weight excluding hydrogens is 136 g/mol. The van der Waals surface area contributed by atoms with Gasteiger partial charge in [-0.05, 0) is 6.92 Å². The second-order valence-electron chi connectivity index (χ2n) is 1.59. The second kappa shape index (κ2) is 2.47. The van der Waals surface area contributed by atoms with Crippen LogP contribution in [0.5, 0.6) is 0 Å². The summed E-state index contributed by atoms with van der Waals surface area (Å²) in [5.41, 5.74) is 0. The Morgan fingerprint density at radius 2 is 2.30 bits per heavy atom. The first-order valence-electron chi connectivity index (χ1n) is 2.77. The molecular formula is C5H6N2O3. The topological polar surface area (TPSA) is 71.2 Å². The zero-order chi connectivity index (χ0) is 7.56. The lowest BCUT2D eigenvalue weighted by molar-refractivity contribution is -0.116. The third-order valence-electron chi connectivity index (χ3n) is 0.918. The minimum absolute atomic E-state index is 0.0903. The third-order valence-corrected chi connectivity index (χ3v) is 0.918. The lowest BCUT2D eigenvalue weighted by Crippen LogP contribution is -1.96. The van der Waals surface area contributed by atoms with Crippen LogP contribution in [0.25, 0.3) is 0 Å². The van der Waals surface area contributed by atoms with Crippen molar-refractivity contribution < 1.29 is 14.6 Å². The van der Waals surface area contributed by atoms with Crippen LogP contribution in [0.15, 0.2) is 21.9 Å². The van der Waals surface area contributed by atoms with Crippen LogP contribution in [-0.4, -0.2) is 17.6 Å². The van der Waals surface area contributed by atoms with E-state index in [4.69, 9.17) is 9.84 Å². The van der Waals surface area contributed by atoms with Crippen LogP contribution in [0.4, 0.5) is 0 Å². The predicted octanol–water partition coefficient (Wildman–Crippen LogP) is 0.742. The molecule has 5 heteroatoms. The van der Waals surface area contributed by atoms with Crippen molar-refractivity contribution in [2.75, 3.05) is 6.61 Å². The summed E-state index contributed by atoms with van der Waals surface area (Å²) in [4.78, 5) is 10.4. The summed E-state index contributed by atoms with van der Waals surface area (Å²) in [5.74, 6) is -1.35. The van der Waals surface area contributed by atoms with E-state index in [1.165, 1.54) is 0 Å². The SMILES string of the molecule is CCOC1=C(O)C(=O)N=N1. The summed E-state index contributed by atoms with van der Waals surface area (Å²) in [6, 6.07) is 0. The Bertz CT molecular complexity index is 219. The van der Waals surface area contributed by atoms with Crippen molar-refractivity contribution in [3.8, 4) is 0 Å². The Hall–Kier alpha value is -1.39. The monoisotopic (exact) mass is 142 g/mol. The number of nitrogens with zero attached hydrogens (tertiary/aromatic N) is 2. The minimum Gasteiger partial charge on any atom is -0.499 e. The zero-order valence-electron chi connectivity index (χ0n) is 5.37. The molecule has 0 unspecified atom stereocenters. The number of carbonyl (C=O) groups excluding carboxylic acids is 1. The predicted molar refractivity (Wildman–Crippen MR) is 31.1 cm³/mol. The van der Waals surface area contributed by atoms with Gasteiger partial charge in [0.15, 0.2) is 0 Å². The highest BCUT2D eigenvalue weighted by Crippen LogP contribution is 2.14. The average molecular weight is 142 g/mol. The highest BCUT2D eigenvalue weighted by molar-refractivity contribution is 5.93. The van der Waals surface area contributed by atoms with Crippen molar-refractivity contribution >= 4 is 5.91 Å². The largest absolute Gasteiger partial charge is 0.499 e. The minimum atomic E-state index is -0.747. The van der Waals surface area contributed by atoms with Crippen LogP contribution in [0.3, 0.4) is 0 Å². The molecule has 0 aliphatic carbocycles. The number of hydrogen-bond donors (Lipinski definition) is 1. The van der Waals surface area contributed by atoms with Crippen molar-refractivity contribution in [1.82, 2.24) is 0 Å². The molecule has 0 fully saturated rings. The molecule has 1 heterocycles. The molecule has 1 amide bonds. The van der Waals surface area contributed by atoms with Crippen LogP contribution in [0.2, 0.25) is 0 Å². The van der Waals surface area contributed by atoms with E-state index in [1.807, 2.05) is 0 Å².